The first-order valence-corrected chi connectivity index (χ1v) is 7.60. The zero-order valence-corrected chi connectivity index (χ0v) is 11.5. The van der Waals surface area contributed by atoms with E-state index in [4.69, 9.17) is 10.00 Å². The Morgan fingerprint density at radius 3 is 2.72 bits per heavy atom. The molecule has 2 aliphatic carbocycles. The van der Waals surface area contributed by atoms with Gasteiger partial charge >= 0.3 is 0 Å². The van der Waals surface area contributed by atoms with Crippen LogP contribution in [0.25, 0.3) is 0 Å². The molecule has 3 nitrogen and oxygen atoms in total. The van der Waals surface area contributed by atoms with Crippen LogP contribution in [0.2, 0.25) is 0 Å². The van der Waals surface area contributed by atoms with E-state index in [-0.39, 0.29) is 6.04 Å². The van der Waals surface area contributed by atoms with Gasteiger partial charge in [0.2, 0.25) is 0 Å². The Morgan fingerprint density at radius 2 is 2.06 bits per heavy atom. The van der Waals surface area contributed by atoms with Gasteiger partial charge in [0.15, 0.2) is 0 Å². The fourth-order valence-corrected chi connectivity index (χ4v) is 2.92. The number of nitrogens with one attached hydrogen (secondary N) is 1. The van der Waals surface area contributed by atoms with Gasteiger partial charge in [-0.05, 0) is 38.0 Å². The van der Waals surface area contributed by atoms with Crippen molar-refractivity contribution in [3.8, 4) is 6.07 Å². The summed E-state index contributed by atoms with van der Waals surface area (Å²) in [5.74, 6) is 0.746. The molecule has 2 fully saturated rings. The highest BCUT2D eigenvalue weighted by Gasteiger charge is 2.26. The SMILES string of the molecule is CCC1CCCCC1OCCC(C#N)NC1CC1. The molecule has 0 aromatic carbocycles. The number of nitriles is 1. The predicted octanol–water partition coefficient (Wildman–Crippen LogP) is 3.01. The van der Waals surface area contributed by atoms with Gasteiger partial charge in [0.25, 0.3) is 0 Å². The smallest absolute Gasteiger partial charge is 0.0977 e. The Hall–Kier alpha value is -0.590. The minimum atomic E-state index is -0.0128. The van der Waals surface area contributed by atoms with Gasteiger partial charge in [-0.3, -0.25) is 5.32 Å². The molecule has 18 heavy (non-hydrogen) atoms. The van der Waals surface area contributed by atoms with Gasteiger partial charge in [-0.1, -0.05) is 26.2 Å². The summed E-state index contributed by atoms with van der Waals surface area (Å²) in [6.45, 7) is 3.00. The molecule has 102 valence electrons. The number of hydrogen-bond acceptors (Lipinski definition) is 3. The molecule has 0 radical (unpaired) electrons. The minimum absolute atomic E-state index is 0.0128. The van der Waals surface area contributed by atoms with E-state index in [0.29, 0.717) is 12.1 Å². The third-order valence-electron chi connectivity index (χ3n) is 4.27. The van der Waals surface area contributed by atoms with Crippen molar-refractivity contribution in [3.05, 3.63) is 0 Å². The third kappa shape index (κ3) is 4.26. The summed E-state index contributed by atoms with van der Waals surface area (Å²) in [5, 5.41) is 12.4. The van der Waals surface area contributed by atoms with Gasteiger partial charge in [0.1, 0.15) is 0 Å². The zero-order chi connectivity index (χ0) is 12.8. The van der Waals surface area contributed by atoms with Crippen LogP contribution in [0.4, 0.5) is 0 Å². The zero-order valence-electron chi connectivity index (χ0n) is 11.5. The molecule has 0 saturated heterocycles. The van der Waals surface area contributed by atoms with Crippen molar-refractivity contribution < 1.29 is 4.74 Å². The number of ether oxygens (including phenoxy) is 1. The molecule has 0 amide bonds. The molecule has 0 heterocycles. The molecular formula is C15H26N2O. The van der Waals surface area contributed by atoms with Gasteiger partial charge in [0.05, 0.1) is 18.2 Å². The van der Waals surface area contributed by atoms with E-state index in [0.717, 1.165) is 18.9 Å². The van der Waals surface area contributed by atoms with E-state index < -0.39 is 0 Å². The fourth-order valence-electron chi connectivity index (χ4n) is 2.92. The average Bonchev–Trinajstić information content (AvgIpc) is 3.22. The first kappa shape index (κ1) is 13.8. The van der Waals surface area contributed by atoms with Crippen LogP contribution >= 0.6 is 0 Å². The maximum absolute atomic E-state index is 9.07. The van der Waals surface area contributed by atoms with Crippen molar-refractivity contribution in [2.45, 2.75) is 76.5 Å². The topological polar surface area (TPSA) is 45.0 Å². The number of hydrogen-bond donors (Lipinski definition) is 1. The summed E-state index contributed by atoms with van der Waals surface area (Å²) in [5.41, 5.74) is 0. The van der Waals surface area contributed by atoms with Crippen molar-refractivity contribution in [1.82, 2.24) is 5.32 Å². The predicted molar refractivity (Wildman–Crippen MR) is 72.2 cm³/mol. The van der Waals surface area contributed by atoms with Gasteiger partial charge in [-0.15, -0.1) is 0 Å². The Morgan fingerprint density at radius 1 is 1.28 bits per heavy atom. The van der Waals surface area contributed by atoms with Crippen LogP contribution in [0.15, 0.2) is 0 Å². The number of rotatable bonds is 7. The lowest BCUT2D eigenvalue weighted by molar-refractivity contribution is -0.0142. The van der Waals surface area contributed by atoms with Crippen LogP contribution in [-0.4, -0.2) is 24.8 Å². The monoisotopic (exact) mass is 250 g/mol. The Kier molecular flexibility index (Phi) is 5.46. The lowest BCUT2D eigenvalue weighted by atomic mass is 9.85. The molecule has 2 saturated carbocycles. The molecule has 0 spiro atoms. The van der Waals surface area contributed by atoms with E-state index >= 15 is 0 Å². The van der Waals surface area contributed by atoms with Crippen LogP contribution < -0.4 is 5.32 Å². The van der Waals surface area contributed by atoms with Gasteiger partial charge in [-0.25, -0.2) is 0 Å². The molecule has 1 N–H and O–H groups in total. The lowest BCUT2D eigenvalue weighted by Crippen LogP contribution is -2.33. The molecule has 3 atom stereocenters. The third-order valence-corrected chi connectivity index (χ3v) is 4.27. The Balaban J connectivity index is 1.64. The fraction of sp³-hybridized carbons (Fsp3) is 0.933. The largest absolute Gasteiger partial charge is 0.378 e. The van der Waals surface area contributed by atoms with Crippen molar-refractivity contribution in [1.29, 1.82) is 5.26 Å². The van der Waals surface area contributed by atoms with Crippen molar-refractivity contribution in [2.75, 3.05) is 6.61 Å². The summed E-state index contributed by atoms with van der Waals surface area (Å²) < 4.78 is 6.03. The molecule has 0 aromatic rings. The molecule has 2 rings (SSSR count). The van der Waals surface area contributed by atoms with E-state index in [1.807, 2.05) is 0 Å². The van der Waals surface area contributed by atoms with E-state index in [9.17, 15) is 0 Å². The van der Waals surface area contributed by atoms with Gasteiger partial charge in [0, 0.05) is 12.6 Å². The average molecular weight is 250 g/mol. The van der Waals surface area contributed by atoms with Crippen LogP contribution in [-0.2, 0) is 4.74 Å². The molecule has 0 bridgehead atoms. The Labute approximate surface area is 111 Å². The molecule has 0 aliphatic heterocycles. The quantitative estimate of drug-likeness (QED) is 0.755. The Bertz CT molecular complexity index is 283. The molecule has 3 unspecified atom stereocenters. The van der Waals surface area contributed by atoms with Crippen LogP contribution in [0.3, 0.4) is 0 Å². The highest BCUT2D eigenvalue weighted by Crippen LogP contribution is 2.29. The first-order chi connectivity index (χ1) is 8.83. The number of nitrogens with zero attached hydrogens (tertiary/aromatic N) is 1. The maximum atomic E-state index is 9.07. The lowest BCUT2D eigenvalue weighted by Gasteiger charge is -2.31. The summed E-state index contributed by atoms with van der Waals surface area (Å²) in [7, 11) is 0. The minimum Gasteiger partial charge on any atom is -0.378 e. The van der Waals surface area contributed by atoms with Crippen LogP contribution in [0.1, 0.15) is 58.3 Å². The van der Waals surface area contributed by atoms with Crippen molar-refractivity contribution >= 4 is 0 Å². The van der Waals surface area contributed by atoms with Crippen LogP contribution in [0, 0.1) is 17.2 Å². The van der Waals surface area contributed by atoms with Crippen molar-refractivity contribution in [3.63, 3.8) is 0 Å². The highest BCUT2D eigenvalue weighted by atomic mass is 16.5. The maximum Gasteiger partial charge on any atom is 0.0977 e. The molecule has 3 heteroatoms. The molecule has 2 aliphatic rings. The standard InChI is InChI=1S/C15H26N2O/c1-2-12-5-3-4-6-15(12)18-10-9-14(11-16)17-13-7-8-13/h12-15,17H,2-10H2,1H3. The molecular weight excluding hydrogens is 224 g/mol. The first-order valence-electron chi connectivity index (χ1n) is 7.60. The summed E-state index contributed by atoms with van der Waals surface area (Å²) >= 11 is 0. The van der Waals surface area contributed by atoms with E-state index in [1.54, 1.807) is 0 Å². The van der Waals surface area contributed by atoms with E-state index in [2.05, 4.69) is 18.3 Å². The summed E-state index contributed by atoms with van der Waals surface area (Å²) in [6.07, 6.45) is 10.2. The van der Waals surface area contributed by atoms with E-state index in [1.165, 1.54) is 44.9 Å². The second-order valence-corrected chi connectivity index (χ2v) is 5.77. The molecule has 0 aromatic heterocycles. The normalized spacial score (nSPS) is 29.8. The summed E-state index contributed by atoms with van der Waals surface area (Å²) in [6, 6.07) is 2.94. The van der Waals surface area contributed by atoms with Crippen LogP contribution in [0.5, 0.6) is 0 Å². The van der Waals surface area contributed by atoms with Crippen molar-refractivity contribution in [2.24, 2.45) is 5.92 Å². The van der Waals surface area contributed by atoms with Gasteiger partial charge < -0.3 is 4.74 Å². The van der Waals surface area contributed by atoms with Gasteiger partial charge in [-0.2, -0.15) is 5.26 Å². The second-order valence-electron chi connectivity index (χ2n) is 5.77. The summed E-state index contributed by atoms with van der Waals surface area (Å²) in [4.78, 5) is 0. The second kappa shape index (κ2) is 7.11. The highest BCUT2D eigenvalue weighted by molar-refractivity contribution is 4.95.